The van der Waals surface area contributed by atoms with E-state index in [9.17, 15) is 0 Å². The van der Waals surface area contributed by atoms with Gasteiger partial charge in [-0.25, -0.2) is 0 Å². The lowest BCUT2D eigenvalue weighted by Crippen LogP contribution is -1.91. The maximum atomic E-state index is 8.59. The lowest BCUT2D eigenvalue weighted by molar-refractivity contribution is 0.480. The summed E-state index contributed by atoms with van der Waals surface area (Å²) in [5.41, 5.74) is 1.88. The number of pyridine rings is 1. The second kappa shape index (κ2) is 5.69. The van der Waals surface area contributed by atoms with E-state index in [4.69, 9.17) is 10.00 Å². The lowest BCUT2D eigenvalue weighted by atomic mass is 10.2. The zero-order valence-corrected chi connectivity index (χ0v) is 10.1. The number of hydrogen-bond acceptors (Lipinski definition) is 4. The standard InChI is InChI=1S/C14H13N3O/c1-16-12-8-14(10-17-9-12)18-13-4-2-11(3-5-13)6-7-15/h2-5,8-10,16H,6H2,1H3. The SMILES string of the molecule is CNc1cncc(Oc2ccc(CC#N)cc2)c1. The number of hydrogen-bond donors (Lipinski definition) is 1. The molecule has 0 saturated carbocycles. The smallest absolute Gasteiger partial charge is 0.147 e. The average Bonchev–Trinajstić information content (AvgIpc) is 2.42. The number of nitrogens with one attached hydrogen (secondary N) is 1. The number of benzene rings is 1. The van der Waals surface area contributed by atoms with Crippen LogP contribution in [0, 0.1) is 11.3 Å². The monoisotopic (exact) mass is 239 g/mol. The lowest BCUT2D eigenvalue weighted by Gasteiger charge is -2.07. The quantitative estimate of drug-likeness (QED) is 0.891. The zero-order chi connectivity index (χ0) is 12.8. The van der Waals surface area contributed by atoms with Crippen molar-refractivity contribution < 1.29 is 4.74 Å². The van der Waals surface area contributed by atoms with Crippen molar-refractivity contribution in [1.82, 2.24) is 4.98 Å². The zero-order valence-electron chi connectivity index (χ0n) is 10.1. The summed E-state index contributed by atoms with van der Waals surface area (Å²) < 4.78 is 5.67. The molecule has 0 amide bonds. The molecule has 0 unspecified atom stereocenters. The van der Waals surface area contributed by atoms with Crippen molar-refractivity contribution in [1.29, 1.82) is 5.26 Å². The van der Waals surface area contributed by atoms with Crippen molar-refractivity contribution in [3.8, 4) is 17.6 Å². The van der Waals surface area contributed by atoms with Crippen LogP contribution in [0.15, 0.2) is 42.7 Å². The summed E-state index contributed by atoms with van der Waals surface area (Å²) >= 11 is 0. The Morgan fingerprint density at radius 2 is 2.00 bits per heavy atom. The summed E-state index contributed by atoms with van der Waals surface area (Å²) in [6.45, 7) is 0. The van der Waals surface area contributed by atoms with E-state index in [1.165, 1.54) is 0 Å². The molecule has 0 atom stereocenters. The van der Waals surface area contributed by atoms with Gasteiger partial charge in [0.15, 0.2) is 0 Å². The van der Waals surface area contributed by atoms with Crippen molar-refractivity contribution in [2.75, 3.05) is 12.4 Å². The highest BCUT2D eigenvalue weighted by molar-refractivity contribution is 5.45. The van der Waals surface area contributed by atoms with Crippen LogP contribution in [0.2, 0.25) is 0 Å². The number of nitriles is 1. The minimum absolute atomic E-state index is 0.414. The first kappa shape index (κ1) is 11.9. The van der Waals surface area contributed by atoms with Crippen LogP contribution < -0.4 is 10.1 Å². The molecule has 0 aliphatic rings. The van der Waals surface area contributed by atoms with Crippen LogP contribution in [0.1, 0.15) is 5.56 Å². The Hall–Kier alpha value is -2.54. The van der Waals surface area contributed by atoms with E-state index in [1.54, 1.807) is 12.4 Å². The highest BCUT2D eigenvalue weighted by Crippen LogP contribution is 2.23. The normalized spacial score (nSPS) is 9.56. The van der Waals surface area contributed by atoms with Crippen LogP contribution in [0.25, 0.3) is 0 Å². The molecule has 0 saturated heterocycles. The fraction of sp³-hybridized carbons (Fsp3) is 0.143. The van der Waals surface area contributed by atoms with Gasteiger partial charge in [-0.15, -0.1) is 0 Å². The van der Waals surface area contributed by atoms with Crippen molar-refractivity contribution in [2.24, 2.45) is 0 Å². The van der Waals surface area contributed by atoms with E-state index in [0.29, 0.717) is 12.2 Å². The molecule has 2 aromatic rings. The van der Waals surface area contributed by atoms with Gasteiger partial charge in [-0.1, -0.05) is 12.1 Å². The molecule has 0 spiro atoms. The third-order valence-corrected chi connectivity index (χ3v) is 2.44. The van der Waals surface area contributed by atoms with E-state index in [-0.39, 0.29) is 0 Å². The number of rotatable bonds is 4. The van der Waals surface area contributed by atoms with Crippen molar-refractivity contribution >= 4 is 5.69 Å². The molecule has 4 nitrogen and oxygen atoms in total. The Labute approximate surface area is 106 Å². The minimum Gasteiger partial charge on any atom is -0.456 e. The molecule has 4 heteroatoms. The second-order valence-electron chi connectivity index (χ2n) is 3.74. The van der Waals surface area contributed by atoms with Crippen molar-refractivity contribution in [2.45, 2.75) is 6.42 Å². The molecule has 0 aliphatic carbocycles. The Bertz CT molecular complexity index is 558. The molecule has 0 aliphatic heterocycles. The van der Waals surface area contributed by atoms with Crippen molar-refractivity contribution in [3.05, 3.63) is 48.3 Å². The summed E-state index contributed by atoms with van der Waals surface area (Å²) in [4.78, 5) is 4.07. The van der Waals surface area contributed by atoms with Crippen LogP contribution in [0.4, 0.5) is 5.69 Å². The van der Waals surface area contributed by atoms with Gasteiger partial charge in [0.25, 0.3) is 0 Å². The first-order valence-corrected chi connectivity index (χ1v) is 5.58. The molecule has 1 N–H and O–H groups in total. The molecule has 0 fully saturated rings. The number of nitrogens with zero attached hydrogens (tertiary/aromatic N) is 2. The molecular weight excluding hydrogens is 226 g/mol. The highest BCUT2D eigenvalue weighted by atomic mass is 16.5. The summed E-state index contributed by atoms with van der Waals surface area (Å²) in [6.07, 6.45) is 3.80. The molecular formula is C14H13N3O. The Morgan fingerprint density at radius 3 is 2.67 bits per heavy atom. The molecule has 2 rings (SSSR count). The van der Waals surface area contributed by atoms with Gasteiger partial charge in [-0.2, -0.15) is 5.26 Å². The van der Waals surface area contributed by atoms with Crippen LogP contribution >= 0.6 is 0 Å². The van der Waals surface area contributed by atoms with E-state index in [2.05, 4.69) is 16.4 Å². The maximum Gasteiger partial charge on any atom is 0.147 e. The molecule has 1 aromatic heterocycles. The first-order chi connectivity index (χ1) is 8.81. The Balaban J connectivity index is 2.11. The number of ether oxygens (including phenoxy) is 1. The fourth-order valence-electron chi connectivity index (χ4n) is 1.51. The predicted molar refractivity (Wildman–Crippen MR) is 69.6 cm³/mol. The Morgan fingerprint density at radius 1 is 1.22 bits per heavy atom. The largest absolute Gasteiger partial charge is 0.456 e. The topological polar surface area (TPSA) is 57.9 Å². The van der Waals surface area contributed by atoms with E-state index >= 15 is 0 Å². The van der Waals surface area contributed by atoms with E-state index in [0.717, 1.165) is 17.0 Å². The minimum atomic E-state index is 0.414. The van der Waals surface area contributed by atoms with Crippen LogP contribution in [-0.2, 0) is 6.42 Å². The summed E-state index contributed by atoms with van der Waals surface area (Å²) in [7, 11) is 1.83. The van der Waals surface area contributed by atoms with E-state index < -0.39 is 0 Å². The predicted octanol–water partition coefficient (Wildman–Crippen LogP) is 2.98. The summed E-state index contributed by atoms with van der Waals surface area (Å²) in [5.74, 6) is 1.40. The van der Waals surface area contributed by atoms with Gasteiger partial charge in [0.05, 0.1) is 30.6 Å². The molecule has 1 aromatic carbocycles. The number of aromatic nitrogens is 1. The van der Waals surface area contributed by atoms with Gasteiger partial charge < -0.3 is 10.1 Å². The van der Waals surface area contributed by atoms with Crippen LogP contribution in [0.3, 0.4) is 0 Å². The average molecular weight is 239 g/mol. The molecule has 18 heavy (non-hydrogen) atoms. The summed E-state index contributed by atoms with van der Waals surface area (Å²) in [6, 6.07) is 11.4. The van der Waals surface area contributed by atoms with Crippen LogP contribution in [-0.4, -0.2) is 12.0 Å². The highest BCUT2D eigenvalue weighted by Gasteiger charge is 1.99. The number of anilines is 1. The molecule has 0 radical (unpaired) electrons. The second-order valence-corrected chi connectivity index (χ2v) is 3.74. The Kier molecular flexibility index (Phi) is 3.77. The summed E-state index contributed by atoms with van der Waals surface area (Å²) in [5, 5.41) is 11.6. The van der Waals surface area contributed by atoms with Gasteiger partial charge in [0.2, 0.25) is 0 Å². The van der Waals surface area contributed by atoms with Gasteiger partial charge >= 0.3 is 0 Å². The fourth-order valence-corrected chi connectivity index (χ4v) is 1.51. The molecule has 1 heterocycles. The first-order valence-electron chi connectivity index (χ1n) is 5.58. The van der Waals surface area contributed by atoms with Gasteiger partial charge in [-0.3, -0.25) is 4.98 Å². The van der Waals surface area contributed by atoms with Gasteiger partial charge in [0, 0.05) is 13.1 Å². The van der Waals surface area contributed by atoms with Crippen LogP contribution in [0.5, 0.6) is 11.5 Å². The maximum absolute atomic E-state index is 8.59. The third kappa shape index (κ3) is 2.98. The van der Waals surface area contributed by atoms with Gasteiger partial charge in [-0.05, 0) is 17.7 Å². The third-order valence-electron chi connectivity index (χ3n) is 2.44. The van der Waals surface area contributed by atoms with Crippen molar-refractivity contribution in [3.63, 3.8) is 0 Å². The van der Waals surface area contributed by atoms with E-state index in [1.807, 2.05) is 37.4 Å². The molecule has 90 valence electrons. The molecule has 0 bridgehead atoms. The van der Waals surface area contributed by atoms with Gasteiger partial charge in [0.1, 0.15) is 11.5 Å².